The summed E-state index contributed by atoms with van der Waals surface area (Å²) in [4.78, 5) is 39.5. The van der Waals surface area contributed by atoms with Crippen molar-refractivity contribution in [2.24, 2.45) is 0 Å². The van der Waals surface area contributed by atoms with E-state index in [1.54, 1.807) is 12.1 Å². The molecule has 1 fully saturated rings. The van der Waals surface area contributed by atoms with E-state index < -0.39 is 68.0 Å². The van der Waals surface area contributed by atoms with Crippen molar-refractivity contribution in [3.8, 4) is 5.75 Å². The zero-order chi connectivity index (χ0) is 29.9. The Hall–Kier alpha value is -4.07. The van der Waals surface area contributed by atoms with E-state index in [1.165, 1.54) is 31.4 Å². The van der Waals surface area contributed by atoms with Gasteiger partial charge in [-0.1, -0.05) is 29.8 Å². The van der Waals surface area contributed by atoms with Crippen molar-refractivity contribution in [2.75, 3.05) is 20.2 Å². The van der Waals surface area contributed by atoms with Crippen LogP contribution in [-0.2, 0) is 19.6 Å². The first-order valence-electron chi connectivity index (χ1n) is 12.1. The molecule has 4 rings (SSSR count). The standard InChI is InChI=1S/C27H24ClF2N3O7S/c1-40-19-4-2-3-17(13-19)27(37)32-11-12-33(41(38,39)20-9-10-22(30)21(28)14-20)26(32)25(36)31-23(15-24(34)35)16-5-7-18(29)8-6-16/h2-10,13-14,23,26H,11-12,15H2,1H3,(H,31,36)(H,34,35). The monoisotopic (exact) mass is 607 g/mol. The number of aliphatic carboxylic acids is 1. The fourth-order valence-corrected chi connectivity index (χ4v) is 6.22. The molecule has 0 aromatic heterocycles. The van der Waals surface area contributed by atoms with Gasteiger partial charge in [-0.2, -0.15) is 4.31 Å². The number of sulfonamides is 1. The highest BCUT2D eigenvalue weighted by atomic mass is 35.5. The van der Waals surface area contributed by atoms with Gasteiger partial charge in [0.2, 0.25) is 10.0 Å². The second-order valence-corrected chi connectivity index (χ2v) is 11.3. The summed E-state index contributed by atoms with van der Waals surface area (Å²) in [5, 5.41) is 11.5. The van der Waals surface area contributed by atoms with E-state index >= 15 is 0 Å². The molecule has 41 heavy (non-hydrogen) atoms. The first-order chi connectivity index (χ1) is 19.4. The molecule has 1 aliphatic heterocycles. The molecule has 0 aliphatic carbocycles. The Morgan fingerprint density at radius 2 is 1.78 bits per heavy atom. The number of carbonyl (C=O) groups is 3. The Morgan fingerprint density at radius 3 is 2.41 bits per heavy atom. The van der Waals surface area contributed by atoms with Crippen LogP contribution < -0.4 is 10.1 Å². The van der Waals surface area contributed by atoms with Crippen molar-refractivity contribution in [3.63, 3.8) is 0 Å². The molecule has 1 heterocycles. The lowest BCUT2D eigenvalue weighted by Crippen LogP contribution is -2.54. The Morgan fingerprint density at radius 1 is 1.07 bits per heavy atom. The smallest absolute Gasteiger partial charge is 0.305 e. The molecule has 10 nitrogen and oxygen atoms in total. The number of hydrogen-bond donors (Lipinski definition) is 2. The van der Waals surface area contributed by atoms with Gasteiger partial charge in [0.15, 0.2) is 6.17 Å². The predicted molar refractivity (Wildman–Crippen MR) is 143 cm³/mol. The lowest BCUT2D eigenvalue weighted by atomic mass is 10.0. The maximum atomic E-state index is 13.8. The summed E-state index contributed by atoms with van der Waals surface area (Å²) in [5.74, 6) is -4.09. The van der Waals surface area contributed by atoms with Crippen LogP contribution in [0, 0.1) is 11.6 Å². The Bertz CT molecular complexity index is 1590. The lowest BCUT2D eigenvalue weighted by Gasteiger charge is -2.30. The van der Waals surface area contributed by atoms with E-state index in [0.717, 1.165) is 39.5 Å². The molecule has 14 heteroatoms. The molecule has 0 spiro atoms. The minimum atomic E-state index is -4.53. The van der Waals surface area contributed by atoms with Gasteiger partial charge in [-0.05, 0) is 54.1 Å². The van der Waals surface area contributed by atoms with Crippen LogP contribution in [-0.4, -0.2) is 66.9 Å². The van der Waals surface area contributed by atoms with Gasteiger partial charge in [0.1, 0.15) is 17.4 Å². The quantitative estimate of drug-likeness (QED) is 0.381. The number of nitrogens with one attached hydrogen (secondary N) is 1. The van der Waals surface area contributed by atoms with E-state index in [1.807, 2.05) is 0 Å². The highest BCUT2D eigenvalue weighted by Gasteiger charge is 2.47. The third kappa shape index (κ3) is 6.47. The number of carbonyl (C=O) groups excluding carboxylic acids is 2. The molecule has 216 valence electrons. The summed E-state index contributed by atoms with van der Waals surface area (Å²) in [7, 11) is -3.13. The third-order valence-electron chi connectivity index (χ3n) is 6.41. The van der Waals surface area contributed by atoms with Crippen LogP contribution in [0.5, 0.6) is 5.75 Å². The Labute approximate surface area is 239 Å². The van der Waals surface area contributed by atoms with Crippen LogP contribution in [0.15, 0.2) is 71.6 Å². The van der Waals surface area contributed by atoms with E-state index in [0.29, 0.717) is 5.75 Å². The van der Waals surface area contributed by atoms with Crippen molar-refractivity contribution in [3.05, 3.63) is 94.5 Å². The van der Waals surface area contributed by atoms with Crippen molar-refractivity contribution < 1.29 is 41.4 Å². The van der Waals surface area contributed by atoms with Gasteiger partial charge in [0.25, 0.3) is 11.8 Å². The topological polar surface area (TPSA) is 133 Å². The number of methoxy groups -OCH3 is 1. The van der Waals surface area contributed by atoms with Crippen LogP contribution in [0.1, 0.15) is 28.4 Å². The maximum Gasteiger partial charge on any atom is 0.305 e. The Kier molecular flexibility index (Phi) is 8.90. The number of ether oxygens (including phenoxy) is 1. The lowest BCUT2D eigenvalue weighted by molar-refractivity contribution is -0.138. The van der Waals surface area contributed by atoms with Crippen LogP contribution in [0.2, 0.25) is 5.02 Å². The SMILES string of the molecule is COc1cccc(C(=O)N2CCN(S(=O)(=O)c3ccc(F)c(Cl)c3)C2C(=O)NC(CC(=O)O)c2ccc(F)cc2)c1. The number of amides is 2. The summed E-state index contributed by atoms with van der Waals surface area (Å²) < 4.78 is 60.5. The van der Waals surface area contributed by atoms with E-state index in [9.17, 15) is 36.7 Å². The van der Waals surface area contributed by atoms with Crippen LogP contribution in [0.3, 0.4) is 0 Å². The second-order valence-electron chi connectivity index (χ2n) is 9.01. The maximum absolute atomic E-state index is 13.8. The third-order valence-corrected chi connectivity index (χ3v) is 8.55. The molecular formula is C27H24ClF2N3O7S. The number of carboxylic acid groups (broad SMARTS) is 1. The molecule has 2 N–H and O–H groups in total. The van der Waals surface area contributed by atoms with Crippen molar-refractivity contribution in [1.29, 1.82) is 0 Å². The van der Waals surface area contributed by atoms with Gasteiger partial charge in [0.05, 0.1) is 29.5 Å². The molecule has 0 radical (unpaired) electrons. The van der Waals surface area contributed by atoms with Crippen LogP contribution in [0.25, 0.3) is 0 Å². The number of hydrogen-bond acceptors (Lipinski definition) is 6. The number of carboxylic acids is 1. The summed E-state index contributed by atoms with van der Waals surface area (Å²) in [6.45, 7) is -0.520. The molecule has 2 amide bonds. The summed E-state index contributed by atoms with van der Waals surface area (Å²) in [5.41, 5.74) is 0.345. The normalized spacial score (nSPS) is 16.3. The first-order valence-corrected chi connectivity index (χ1v) is 13.9. The van der Waals surface area contributed by atoms with Gasteiger partial charge < -0.3 is 20.1 Å². The number of halogens is 3. The number of benzene rings is 3. The van der Waals surface area contributed by atoms with Crippen molar-refractivity contribution >= 4 is 39.4 Å². The fraction of sp³-hybridized carbons (Fsp3) is 0.222. The van der Waals surface area contributed by atoms with E-state index in [2.05, 4.69) is 5.32 Å². The summed E-state index contributed by atoms with van der Waals surface area (Å²) >= 11 is 5.81. The van der Waals surface area contributed by atoms with Gasteiger partial charge in [-0.15, -0.1) is 0 Å². The average Bonchev–Trinajstić information content (AvgIpc) is 3.40. The highest BCUT2D eigenvalue weighted by molar-refractivity contribution is 7.89. The fourth-order valence-electron chi connectivity index (χ4n) is 4.41. The molecule has 2 atom stereocenters. The second kappa shape index (κ2) is 12.2. The Balaban J connectivity index is 1.75. The summed E-state index contributed by atoms with van der Waals surface area (Å²) in [6.07, 6.45) is -2.38. The largest absolute Gasteiger partial charge is 0.497 e. The summed E-state index contributed by atoms with van der Waals surface area (Å²) in [6, 6.07) is 12.3. The van der Waals surface area contributed by atoms with Gasteiger partial charge in [-0.25, -0.2) is 17.2 Å². The highest BCUT2D eigenvalue weighted by Crippen LogP contribution is 2.30. The zero-order valence-electron chi connectivity index (χ0n) is 21.5. The van der Waals surface area contributed by atoms with Gasteiger partial charge >= 0.3 is 5.97 Å². The van der Waals surface area contributed by atoms with Gasteiger partial charge in [-0.3, -0.25) is 14.4 Å². The number of nitrogens with zero attached hydrogens (tertiary/aromatic N) is 2. The molecule has 0 saturated carbocycles. The molecule has 3 aromatic carbocycles. The van der Waals surface area contributed by atoms with E-state index in [4.69, 9.17) is 16.3 Å². The minimum Gasteiger partial charge on any atom is -0.497 e. The predicted octanol–water partition coefficient (Wildman–Crippen LogP) is 3.43. The van der Waals surface area contributed by atoms with Crippen molar-refractivity contribution in [1.82, 2.24) is 14.5 Å². The molecule has 1 saturated heterocycles. The van der Waals surface area contributed by atoms with Crippen LogP contribution in [0.4, 0.5) is 8.78 Å². The molecular weight excluding hydrogens is 584 g/mol. The molecule has 3 aromatic rings. The minimum absolute atomic E-state index is 0.104. The molecule has 2 unspecified atom stereocenters. The molecule has 1 aliphatic rings. The molecule has 0 bridgehead atoms. The average molecular weight is 608 g/mol. The van der Waals surface area contributed by atoms with E-state index in [-0.39, 0.29) is 24.2 Å². The van der Waals surface area contributed by atoms with Gasteiger partial charge in [0, 0.05) is 18.7 Å². The van der Waals surface area contributed by atoms with Crippen molar-refractivity contribution in [2.45, 2.75) is 23.5 Å². The zero-order valence-corrected chi connectivity index (χ0v) is 23.0. The van der Waals surface area contributed by atoms with Crippen LogP contribution >= 0.6 is 11.6 Å². The first kappa shape index (κ1) is 29.9. The number of rotatable bonds is 9.